The Bertz CT molecular complexity index is 494. The van der Waals surface area contributed by atoms with E-state index in [0.29, 0.717) is 15.7 Å². The molecule has 2 aromatic rings. The van der Waals surface area contributed by atoms with E-state index in [-0.39, 0.29) is 5.75 Å². The first-order chi connectivity index (χ1) is 7.65. The third-order valence-corrected chi connectivity index (χ3v) is 2.48. The highest BCUT2D eigenvalue weighted by molar-refractivity contribution is 6.35. The van der Waals surface area contributed by atoms with Gasteiger partial charge >= 0.3 is 0 Å². The van der Waals surface area contributed by atoms with Gasteiger partial charge < -0.3 is 10.4 Å². The van der Waals surface area contributed by atoms with Gasteiger partial charge in [0.2, 0.25) is 0 Å². The molecule has 0 amide bonds. The van der Waals surface area contributed by atoms with Gasteiger partial charge in [-0.15, -0.1) is 0 Å². The Morgan fingerprint density at radius 1 is 0.938 bits per heavy atom. The van der Waals surface area contributed by atoms with E-state index >= 15 is 0 Å². The molecule has 0 aliphatic heterocycles. The van der Waals surface area contributed by atoms with Crippen LogP contribution in [0.5, 0.6) is 5.75 Å². The van der Waals surface area contributed by atoms with E-state index in [1.807, 2.05) is 6.07 Å². The number of aromatic hydroxyl groups is 1. The summed E-state index contributed by atoms with van der Waals surface area (Å²) in [6.07, 6.45) is 0. The van der Waals surface area contributed by atoms with Crippen LogP contribution in [0.4, 0.5) is 11.4 Å². The van der Waals surface area contributed by atoms with Gasteiger partial charge in [-0.25, -0.2) is 0 Å². The molecule has 2 nitrogen and oxygen atoms in total. The van der Waals surface area contributed by atoms with E-state index in [1.54, 1.807) is 36.4 Å². The SMILES string of the molecule is Oc1ccccc1Nc1cc(Cl)cc(Cl)c1. The highest BCUT2D eigenvalue weighted by Crippen LogP contribution is 2.29. The zero-order valence-corrected chi connectivity index (χ0v) is 9.76. The van der Waals surface area contributed by atoms with Crippen LogP contribution in [0.3, 0.4) is 0 Å². The van der Waals surface area contributed by atoms with Crippen molar-refractivity contribution in [2.75, 3.05) is 5.32 Å². The van der Waals surface area contributed by atoms with Gasteiger partial charge in [0, 0.05) is 15.7 Å². The molecule has 82 valence electrons. The van der Waals surface area contributed by atoms with Crippen molar-refractivity contribution in [3.05, 3.63) is 52.5 Å². The predicted octanol–water partition coefficient (Wildman–Crippen LogP) is 4.44. The lowest BCUT2D eigenvalue weighted by molar-refractivity contribution is 0.478. The van der Waals surface area contributed by atoms with Crippen LogP contribution in [0, 0.1) is 0 Å². The normalized spacial score (nSPS) is 10.1. The fourth-order valence-corrected chi connectivity index (χ4v) is 1.89. The van der Waals surface area contributed by atoms with Gasteiger partial charge in [-0.05, 0) is 30.3 Å². The lowest BCUT2D eigenvalue weighted by Crippen LogP contribution is -1.90. The molecule has 2 rings (SSSR count). The second kappa shape index (κ2) is 4.64. The molecule has 0 spiro atoms. The van der Waals surface area contributed by atoms with Crippen LogP contribution in [-0.2, 0) is 0 Å². The van der Waals surface area contributed by atoms with Crippen molar-refractivity contribution < 1.29 is 5.11 Å². The first-order valence-electron chi connectivity index (χ1n) is 4.66. The first kappa shape index (κ1) is 11.1. The number of hydrogen-bond donors (Lipinski definition) is 2. The summed E-state index contributed by atoms with van der Waals surface area (Å²) < 4.78 is 0. The Balaban J connectivity index is 2.30. The van der Waals surface area contributed by atoms with E-state index in [9.17, 15) is 5.11 Å². The lowest BCUT2D eigenvalue weighted by atomic mass is 10.2. The van der Waals surface area contributed by atoms with E-state index in [0.717, 1.165) is 5.69 Å². The number of phenols is 1. The summed E-state index contributed by atoms with van der Waals surface area (Å²) in [5.41, 5.74) is 1.35. The molecular formula is C12H9Cl2NO. The number of rotatable bonds is 2. The van der Waals surface area contributed by atoms with E-state index < -0.39 is 0 Å². The molecule has 2 N–H and O–H groups in total. The minimum Gasteiger partial charge on any atom is -0.506 e. The fourth-order valence-electron chi connectivity index (χ4n) is 1.36. The van der Waals surface area contributed by atoms with Gasteiger partial charge in [-0.2, -0.15) is 0 Å². The molecule has 16 heavy (non-hydrogen) atoms. The van der Waals surface area contributed by atoms with Gasteiger partial charge in [-0.3, -0.25) is 0 Å². The molecular weight excluding hydrogens is 245 g/mol. The number of anilines is 2. The maximum absolute atomic E-state index is 9.58. The monoisotopic (exact) mass is 253 g/mol. The summed E-state index contributed by atoms with van der Waals surface area (Å²) in [6.45, 7) is 0. The number of para-hydroxylation sites is 2. The molecule has 0 aliphatic rings. The number of benzene rings is 2. The van der Waals surface area contributed by atoms with Gasteiger partial charge in [0.05, 0.1) is 5.69 Å². The molecule has 2 aromatic carbocycles. The van der Waals surface area contributed by atoms with Crippen LogP contribution in [0.1, 0.15) is 0 Å². The Morgan fingerprint density at radius 3 is 2.19 bits per heavy atom. The van der Waals surface area contributed by atoms with Crippen LogP contribution in [0.2, 0.25) is 10.0 Å². The van der Waals surface area contributed by atoms with Crippen LogP contribution in [0.25, 0.3) is 0 Å². The molecule has 0 atom stereocenters. The van der Waals surface area contributed by atoms with Crippen molar-refractivity contribution in [2.45, 2.75) is 0 Å². The van der Waals surface area contributed by atoms with Gasteiger partial charge in [-0.1, -0.05) is 35.3 Å². The van der Waals surface area contributed by atoms with Gasteiger partial charge in [0.25, 0.3) is 0 Å². The molecule has 0 aromatic heterocycles. The minimum atomic E-state index is 0.179. The number of nitrogens with one attached hydrogen (secondary N) is 1. The molecule has 4 heteroatoms. The van der Waals surface area contributed by atoms with Crippen molar-refractivity contribution in [2.24, 2.45) is 0 Å². The van der Waals surface area contributed by atoms with Crippen LogP contribution >= 0.6 is 23.2 Å². The average molecular weight is 254 g/mol. The first-order valence-corrected chi connectivity index (χ1v) is 5.42. The summed E-state index contributed by atoms with van der Waals surface area (Å²) in [5, 5.41) is 13.7. The smallest absolute Gasteiger partial charge is 0.139 e. The van der Waals surface area contributed by atoms with E-state index in [4.69, 9.17) is 23.2 Å². The number of hydrogen-bond acceptors (Lipinski definition) is 2. The van der Waals surface area contributed by atoms with Crippen LogP contribution in [0.15, 0.2) is 42.5 Å². The Morgan fingerprint density at radius 2 is 1.56 bits per heavy atom. The maximum atomic E-state index is 9.58. The van der Waals surface area contributed by atoms with Crippen molar-refractivity contribution >= 4 is 34.6 Å². The summed E-state index contributed by atoms with van der Waals surface area (Å²) in [7, 11) is 0. The lowest BCUT2D eigenvalue weighted by Gasteiger charge is -2.08. The molecule has 0 radical (unpaired) electrons. The van der Waals surface area contributed by atoms with E-state index in [1.165, 1.54) is 0 Å². The van der Waals surface area contributed by atoms with Crippen molar-refractivity contribution in [3.8, 4) is 5.75 Å². The third-order valence-electron chi connectivity index (χ3n) is 2.05. The zero-order chi connectivity index (χ0) is 11.5. The quantitative estimate of drug-likeness (QED) is 0.776. The molecule has 0 fully saturated rings. The molecule has 0 saturated heterocycles. The summed E-state index contributed by atoms with van der Waals surface area (Å²) in [6, 6.07) is 12.1. The summed E-state index contributed by atoms with van der Waals surface area (Å²) >= 11 is 11.7. The molecule has 0 unspecified atom stereocenters. The van der Waals surface area contributed by atoms with E-state index in [2.05, 4.69) is 5.32 Å². The van der Waals surface area contributed by atoms with Crippen LogP contribution in [-0.4, -0.2) is 5.11 Å². The second-order valence-corrected chi connectivity index (χ2v) is 4.17. The van der Waals surface area contributed by atoms with Gasteiger partial charge in [0.1, 0.15) is 5.75 Å². The molecule has 0 aliphatic carbocycles. The Labute approximate surface area is 103 Å². The van der Waals surface area contributed by atoms with Gasteiger partial charge in [0.15, 0.2) is 0 Å². The number of phenolic OH excluding ortho intramolecular Hbond substituents is 1. The second-order valence-electron chi connectivity index (χ2n) is 3.30. The Kier molecular flexibility index (Phi) is 3.22. The largest absolute Gasteiger partial charge is 0.506 e. The van der Waals surface area contributed by atoms with Crippen molar-refractivity contribution in [1.82, 2.24) is 0 Å². The highest BCUT2D eigenvalue weighted by atomic mass is 35.5. The third kappa shape index (κ3) is 2.60. The minimum absolute atomic E-state index is 0.179. The topological polar surface area (TPSA) is 32.3 Å². The summed E-state index contributed by atoms with van der Waals surface area (Å²) in [4.78, 5) is 0. The predicted molar refractivity (Wildman–Crippen MR) is 67.9 cm³/mol. The highest BCUT2D eigenvalue weighted by Gasteiger charge is 2.02. The van der Waals surface area contributed by atoms with Crippen molar-refractivity contribution in [3.63, 3.8) is 0 Å². The standard InChI is InChI=1S/C12H9Cl2NO/c13-8-5-9(14)7-10(6-8)15-11-3-1-2-4-12(11)16/h1-7,15-16H. The number of halogens is 2. The zero-order valence-electron chi connectivity index (χ0n) is 8.24. The average Bonchev–Trinajstić information content (AvgIpc) is 2.20. The Hall–Kier alpha value is -1.38. The summed E-state index contributed by atoms with van der Waals surface area (Å²) in [5.74, 6) is 0.179. The van der Waals surface area contributed by atoms with Crippen molar-refractivity contribution in [1.29, 1.82) is 0 Å². The molecule has 0 heterocycles. The maximum Gasteiger partial charge on any atom is 0.139 e. The van der Waals surface area contributed by atoms with Crippen LogP contribution < -0.4 is 5.32 Å². The molecule has 0 bridgehead atoms. The molecule has 0 saturated carbocycles. The fraction of sp³-hybridized carbons (Fsp3) is 0.